The van der Waals surface area contributed by atoms with Gasteiger partial charge in [0.05, 0.1) is 0 Å². The lowest BCUT2D eigenvalue weighted by Gasteiger charge is -2.27. The van der Waals surface area contributed by atoms with Crippen LogP contribution in [0.25, 0.3) is 0 Å². The lowest BCUT2D eigenvalue weighted by atomic mass is 9.78. The van der Waals surface area contributed by atoms with Crippen LogP contribution in [-0.2, 0) is 4.79 Å². The van der Waals surface area contributed by atoms with Gasteiger partial charge in [0.15, 0.2) is 0 Å². The van der Waals surface area contributed by atoms with Crippen molar-refractivity contribution < 1.29 is 4.79 Å². The van der Waals surface area contributed by atoms with E-state index in [0.717, 1.165) is 12.8 Å². The molecule has 2 atom stereocenters. The monoisotopic (exact) mass is 184 g/mol. The average Bonchev–Trinajstić information content (AvgIpc) is 2.01. The van der Waals surface area contributed by atoms with Gasteiger partial charge in [-0.15, -0.1) is 0 Å². The minimum Gasteiger partial charge on any atom is -0.299 e. The zero-order chi connectivity index (χ0) is 10.6. The van der Waals surface area contributed by atoms with Crippen LogP contribution in [0.1, 0.15) is 54.4 Å². The van der Waals surface area contributed by atoms with Gasteiger partial charge in [-0.05, 0) is 17.8 Å². The van der Waals surface area contributed by atoms with Crippen molar-refractivity contribution in [3.63, 3.8) is 0 Å². The summed E-state index contributed by atoms with van der Waals surface area (Å²) in [6.07, 6.45) is 1.70. The Balaban J connectivity index is 4.07. The molecule has 13 heavy (non-hydrogen) atoms. The zero-order valence-corrected chi connectivity index (χ0v) is 9.98. The van der Waals surface area contributed by atoms with Gasteiger partial charge in [-0.2, -0.15) is 0 Å². The highest BCUT2D eigenvalue weighted by Gasteiger charge is 2.23. The van der Waals surface area contributed by atoms with Gasteiger partial charge in [-0.1, -0.05) is 41.5 Å². The Bertz CT molecular complexity index is 164. The number of rotatable bonds is 4. The normalized spacial score (nSPS) is 16.8. The second kappa shape index (κ2) is 4.78. The van der Waals surface area contributed by atoms with E-state index < -0.39 is 0 Å². The van der Waals surface area contributed by atoms with Gasteiger partial charge in [-0.25, -0.2) is 0 Å². The molecule has 0 N–H and O–H groups in total. The van der Waals surface area contributed by atoms with Gasteiger partial charge in [-0.3, -0.25) is 4.79 Å². The van der Waals surface area contributed by atoms with Gasteiger partial charge >= 0.3 is 0 Å². The summed E-state index contributed by atoms with van der Waals surface area (Å²) in [5.74, 6) is 1.14. The van der Waals surface area contributed by atoms with Crippen LogP contribution in [0.3, 0.4) is 0 Å². The Hall–Kier alpha value is -0.330. The van der Waals surface area contributed by atoms with Crippen LogP contribution in [0.4, 0.5) is 0 Å². The highest BCUT2D eigenvalue weighted by Crippen LogP contribution is 2.29. The fourth-order valence-electron chi connectivity index (χ4n) is 1.04. The first-order valence-electron chi connectivity index (χ1n) is 5.31. The molecule has 0 rings (SSSR count). The Morgan fingerprint density at radius 3 is 2.00 bits per heavy atom. The van der Waals surface area contributed by atoms with E-state index in [4.69, 9.17) is 0 Å². The summed E-state index contributed by atoms with van der Waals surface area (Å²) in [4.78, 5) is 11.6. The maximum atomic E-state index is 11.6. The molecule has 0 heterocycles. The number of carbonyl (C=O) groups excluding carboxylic acids is 1. The number of hydrogen-bond acceptors (Lipinski definition) is 1. The fourth-order valence-corrected chi connectivity index (χ4v) is 1.04. The van der Waals surface area contributed by atoms with Crippen LogP contribution in [0.5, 0.6) is 0 Å². The highest BCUT2D eigenvalue weighted by atomic mass is 16.1. The molecule has 0 saturated carbocycles. The van der Waals surface area contributed by atoms with Gasteiger partial charge in [0.25, 0.3) is 0 Å². The Labute approximate surface area is 82.9 Å². The van der Waals surface area contributed by atoms with Crippen molar-refractivity contribution in [2.45, 2.75) is 54.4 Å². The van der Waals surface area contributed by atoms with E-state index in [1.165, 1.54) is 0 Å². The minimum atomic E-state index is 0.241. The van der Waals surface area contributed by atoms with E-state index >= 15 is 0 Å². The Morgan fingerprint density at radius 2 is 1.69 bits per heavy atom. The SMILES string of the molecule is CCC(C)C(=O)CC(C)C(C)(C)C. The molecule has 0 aliphatic carbocycles. The molecule has 0 aromatic carbocycles. The molecule has 0 aromatic heterocycles. The predicted octanol–water partition coefficient (Wildman–Crippen LogP) is 3.67. The van der Waals surface area contributed by atoms with Crippen LogP contribution >= 0.6 is 0 Å². The third-order valence-corrected chi connectivity index (χ3v) is 3.15. The van der Waals surface area contributed by atoms with Crippen molar-refractivity contribution in [1.82, 2.24) is 0 Å². The molecule has 0 aliphatic rings. The first-order chi connectivity index (χ1) is 5.79. The van der Waals surface area contributed by atoms with Crippen LogP contribution in [0.15, 0.2) is 0 Å². The largest absolute Gasteiger partial charge is 0.299 e. The first-order valence-corrected chi connectivity index (χ1v) is 5.31. The van der Waals surface area contributed by atoms with Crippen molar-refractivity contribution in [2.24, 2.45) is 17.3 Å². The molecular weight excluding hydrogens is 160 g/mol. The van der Waals surface area contributed by atoms with Gasteiger partial charge in [0.2, 0.25) is 0 Å². The van der Waals surface area contributed by atoms with E-state index in [9.17, 15) is 4.79 Å². The smallest absolute Gasteiger partial charge is 0.135 e. The molecular formula is C12H24O. The third-order valence-electron chi connectivity index (χ3n) is 3.15. The maximum Gasteiger partial charge on any atom is 0.135 e. The Kier molecular flexibility index (Phi) is 4.66. The van der Waals surface area contributed by atoms with Crippen LogP contribution in [-0.4, -0.2) is 5.78 Å². The molecule has 0 aromatic rings. The summed E-state index contributed by atoms with van der Waals surface area (Å²) in [7, 11) is 0. The Morgan fingerprint density at radius 1 is 1.23 bits per heavy atom. The lowest BCUT2D eigenvalue weighted by Crippen LogP contribution is -2.23. The molecule has 1 nitrogen and oxygen atoms in total. The molecule has 0 saturated heterocycles. The summed E-state index contributed by atoms with van der Waals surface area (Å²) in [5.41, 5.74) is 0.253. The van der Waals surface area contributed by atoms with Crippen molar-refractivity contribution in [3.8, 4) is 0 Å². The van der Waals surface area contributed by atoms with E-state index in [0.29, 0.717) is 11.7 Å². The molecule has 0 aliphatic heterocycles. The molecule has 78 valence electrons. The van der Waals surface area contributed by atoms with E-state index in [2.05, 4.69) is 34.6 Å². The summed E-state index contributed by atoms with van der Waals surface area (Å²) in [5, 5.41) is 0. The standard InChI is InChI=1S/C12H24O/c1-7-9(2)11(13)8-10(3)12(4,5)6/h9-10H,7-8H2,1-6H3. The second-order valence-corrected chi connectivity index (χ2v) is 5.25. The molecule has 0 fully saturated rings. The maximum absolute atomic E-state index is 11.6. The highest BCUT2D eigenvalue weighted by molar-refractivity contribution is 5.80. The number of ketones is 1. The first kappa shape index (κ1) is 12.7. The van der Waals surface area contributed by atoms with E-state index in [1.54, 1.807) is 0 Å². The molecule has 1 heteroatoms. The number of Topliss-reactive ketones (excluding diaryl/α,β-unsaturated/α-hetero) is 1. The van der Waals surface area contributed by atoms with Crippen molar-refractivity contribution in [1.29, 1.82) is 0 Å². The van der Waals surface area contributed by atoms with Crippen LogP contribution < -0.4 is 0 Å². The summed E-state index contributed by atoms with van der Waals surface area (Å²) < 4.78 is 0. The van der Waals surface area contributed by atoms with Crippen LogP contribution in [0.2, 0.25) is 0 Å². The molecule has 0 bridgehead atoms. The average molecular weight is 184 g/mol. The molecule has 0 radical (unpaired) electrons. The van der Waals surface area contributed by atoms with E-state index in [1.807, 2.05) is 6.92 Å². The lowest BCUT2D eigenvalue weighted by molar-refractivity contribution is -0.124. The third kappa shape index (κ3) is 4.44. The summed E-state index contributed by atoms with van der Waals surface area (Å²) in [6.45, 7) is 12.9. The van der Waals surface area contributed by atoms with Crippen molar-refractivity contribution in [2.75, 3.05) is 0 Å². The molecule has 0 amide bonds. The predicted molar refractivity (Wildman–Crippen MR) is 57.7 cm³/mol. The molecule has 2 unspecified atom stereocenters. The number of hydrogen-bond donors (Lipinski definition) is 0. The second-order valence-electron chi connectivity index (χ2n) is 5.25. The summed E-state index contributed by atoms with van der Waals surface area (Å²) >= 11 is 0. The van der Waals surface area contributed by atoms with Gasteiger partial charge in [0, 0.05) is 12.3 Å². The zero-order valence-electron chi connectivity index (χ0n) is 9.98. The summed E-state index contributed by atoms with van der Waals surface area (Å²) in [6, 6.07) is 0. The molecule has 0 spiro atoms. The van der Waals surface area contributed by atoms with Gasteiger partial charge < -0.3 is 0 Å². The van der Waals surface area contributed by atoms with Gasteiger partial charge in [0.1, 0.15) is 5.78 Å². The van der Waals surface area contributed by atoms with Crippen molar-refractivity contribution in [3.05, 3.63) is 0 Å². The minimum absolute atomic E-state index is 0.241. The van der Waals surface area contributed by atoms with E-state index in [-0.39, 0.29) is 11.3 Å². The number of carbonyl (C=O) groups is 1. The quantitative estimate of drug-likeness (QED) is 0.651. The fraction of sp³-hybridized carbons (Fsp3) is 0.917. The van der Waals surface area contributed by atoms with Crippen LogP contribution in [0, 0.1) is 17.3 Å². The van der Waals surface area contributed by atoms with Crippen molar-refractivity contribution >= 4 is 5.78 Å². The topological polar surface area (TPSA) is 17.1 Å².